The molecular weight excluding hydrogens is 489 g/mol. The molecule has 0 bridgehead atoms. The molecule has 0 aliphatic carbocycles. The van der Waals surface area contributed by atoms with E-state index < -0.39 is 5.97 Å². The Labute approximate surface area is 205 Å². The number of benzene rings is 1. The SMILES string of the molecule is CCOC(=O)c1nc2cc(Cl)c(Cl)cc2nc1N1CCCN(C(=O)c2cccnc2Cl)CC1. The quantitative estimate of drug-likeness (QED) is 0.378. The first-order chi connectivity index (χ1) is 15.9. The smallest absolute Gasteiger partial charge is 0.360 e. The molecule has 3 aromatic rings. The predicted molar refractivity (Wildman–Crippen MR) is 127 cm³/mol. The number of pyridine rings is 1. The predicted octanol–water partition coefficient (Wildman–Crippen LogP) is 4.51. The molecule has 1 amide bonds. The molecule has 0 N–H and O–H groups in total. The average Bonchev–Trinajstić information content (AvgIpc) is 3.05. The lowest BCUT2D eigenvalue weighted by Gasteiger charge is -2.24. The number of amides is 1. The highest BCUT2D eigenvalue weighted by molar-refractivity contribution is 6.42. The zero-order chi connectivity index (χ0) is 23.5. The summed E-state index contributed by atoms with van der Waals surface area (Å²) in [6, 6.07) is 6.52. The lowest BCUT2D eigenvalue weighted by Crippen LogP contribution is -2.36. The van der Waals surface area contributed by atoms with E-state index in [0.717, 1.165) is 0 Å². The molecule has 11 heteroatoms. The maximum Gasteiger partial charge on any atom is 0.360 e. The monoisotopic (exact) mass is 507 g/mol. The van der Waals surface area contributed by atoms with Crippen molar-refractivity contribution in [3.8, 4) is 0 Å². The standard InChI is InChI=1S/C22H20Cl3N5O3/c1-2-33-22(32)18-20(28-17-12-15(24)14(23)11-16(17)27-18)29-7-4-8-30(10-9-29)21(31)13-5-3-6-26-19(13)25/h3,5-6,11-12H,2,4,7-10H2,1H3. The van der Waals surface area contributed by atoms with Gasteiger partial charge in [-0.2, -0.15) is 0 Å². The summed E-state index contributed by atoms with van der Waals surface area (Å²) >= 11 is 18.4. The Kier molecular flexibility index (Phi) is 7.17. The van der Waals surface area contributed by atoms with Gasteiger partial charge in [-0.25, -0.2) is 19.7 Å². The number of hydrogen-bond acceptors (Lipinski definition) is 7. The lowest BCUT2D eigenvalue weighted by molar-refractivity contribution is 0.0520. The first-order valence-corrected chi connectivity index (χ1v) is 11.5. The van der Waals surface area contributed by atoms with E-state index >= 15 is 0 Å². The molecule has 8 nitrogen and oxygen atoms in total. The number of rotatable bonds is 4. The molecule has 1 aliphatic rings. The van der Waals surface area contributed by atoms with Crippen LogP contribution in [0.3, 0.4) is 0 Å². The van der Waals surface area contributed by atoms with Crippen LogP contribution in [0.15, 0.2) is 30.5 Å². The third-order valence-electron chi connectivity index (χ3n) is 5.23. The minimum Gasteiger partial charge on any atom is -0.461 e. The van der Waals surface area contributed by atoms with Gasteiger partial charge < -0.3 is 14.5 Å². The topological polar surface area (TPSA) is 88.5 Å². The van der Waals surface area contributed by atoms with E-state index in [9.17, 15) is 9.59 Å². The van der Waals surface area contributed by atoms with Crippen LogP contribution < -0.4 is 4.90 Å². The number of esters is 1. The largest absolute Gasteiger partial charge is 0.461 e. The molecule has 3 heterocycles. The van der Waals surface area contributed by atoms with Crippen LogP contribution >= 0.6 is 34.8 Å². The summed E-state index contributed by atoms with van der Waals surface area (Å²) in [6.45, 7) is 3.87. The Hall–Kier alpha value is -2.68. The molecule has 0 radical (unpaired) electrons. The van der Waals surface area contributed by atoms with Crippen LogP contribution in [0.5, 0.6) is 0 Å². The van der Waals surface area contributed by atoms with E-state index in [1.54, 1.807) is 36.1 Å². The Morgan fingerprint density at radius 3 is 2.45 bits per heavy atom. The van der Waals surface area contributed by atoms with Crippen LogP contribution in [0.2, 0.25) is 15.2 Å². The van der Waals surface area contributed by atoms with E-state index in [1.165, 1.54) is 6.20 Å². The number of carbonyl (C=O) groups excluding carboxylic acids is 2. The Morgan fingerprint density at radius 2 is 1.76 bits per heavy atom. The third kappa shape index (κ3) is 4.98. The van der Waals surface area contributed by atoms with E-state index in [2.05, 4.69) is 15.0 Å². The zero-order valence-corrected chi connectivity index (χ0v) is 20.0. The molecule has 0 atom stereocenters. The van der Waals surface area contributed by atoms with Crippen LogP contribution in [0.25, 0.3) is 11.0 Å². The van der Waals surface area contributed by atoms with E-state index in [-0.39, 0.29) is 23.4 Å². The molecule has 0 unspecified atom stereocenters. The third-order valence-corrected chi connectivity index (χ3v) is 6.25. The molecule has 0 saturated carbocycles. The minimum atomic E-state index is -0.577. The molecule has 1 aliphatic heterocycles. The summed E-state index contributed by atoms with van der Waals surface area (Å²) in [4.78, 5) is 42.5. The Bertz CT molecular complexity index is 1220. The van der Waals surface area contributed by atoms with Crippen molar-refractivity contribution in [2.24, 2.45) is 0 Å². The average molecular weight is 509 g/mol. The van der Waals surface area contributed by atoms with Crippen LogP contribution in [0.4, 0.5) is 5.82 Å². The van der Waals surface area contributed by atoms with Crippen molar-refractivity contribution in [2.75, 3.05) is 37.7 Å². The van der Waals surface area contributed by atoms with Gasteiger partial charge in [0, 0.05) is 32.4 Å². The first kappa shape index (κ1) is 23.5. The van der Waals surface area contributed by atoms with Gasteiger partial charge in [0.2, 0.25) is 0 Å². The minimum absolute atomic E-state index is 0.0952. The summed E-state index contributed by atoms with van der Waals surface area (Å²) in [5.41, 5.74) is 1.40. The first-order valence-electron chi connectivity index (χ1n) is 10.4. The number of fused-ring (bicyclic) bond motifs is 1. The van der Waals surface area contributed by atoms with Gasteiger partial charge in [-0.3, -0.25) is 4.79 Å². The normalized spacial score (nSPS) is 14.3. The van der Waals surface area contributed by atoms with Gasteiger partial charge in [-0.05, 0) is 37.6 Å². The fraction of sp³-hybridized carbons (Fsp3) is 0.318. The van der Waals surface area contributed by atoms with Crippen molar-refractivity contribution >= 4 is 63.5 Å². The maximum atomic E-state index is 13.0. The number of ether oxygens (including phenoxy) is 1. The second-order valence-corrected chi connectivity index (χ2v) is 8.52. The molecule has 1 fully saturated rings. The van der Waals surface area contributed by atoms with Crippen molar-refractivity contribution in [2.45, 2.75) is 13.3 Å². The summed E-state index contributed by atoms with van der Waals surface area (Å²) < 4.78 is 5.21. The van der Waals surface area contributed by atoms with Crippen molar-refractivity contribution in [1.29, 1.82) is 0 Å². The lowest BCUT2D eigenvalue weighted by atomic mass is 10.2. The second kappa shape index (κ2) is 10.1. The molecule has 1 aromatic carbocycles. The molecule has 172 valence electrons. The number of halogens is 3. The van der Waals surface area contributed by atoms with Crippen molar-refractivity contribution < 1.29 is 14.3 Å². The van der Waals surface area contributed by atoms with Crippen LogP contribution in [0, 0.1) is 0 Å². The van der Waals surface area contributed by atoms with E-state index in [1.807, 2.05) is 4.90 Å². The van der Waals surface area contributed by atoms with Gasteiger partial charge in [0.05, 0.1) is 33.2 Å². The van der Waals surface area contributed by atoms with Gasteiger partial charge in [0.15, 0.2) is 11.5 Å². The summed E-state index contributed by atoms with van der Waals surface area (Å²) in [5, 5.41) is 0.831. The molecular formula is C22H20Cl3N5O3. The molecule has 33 heavy (non-hydrogen) atoms. The van der Waals surface area contributed by atoms with Crippen molar-refractivity contribution in [3.05, 3.63) is 56.9 Å². The fourth-order valence-corrected chi connectivity index (χ4v) is 4.16. The second-order valence-electron chi connectivity index (χ2n) is 7.35. The number of carbonyl (C=O) groups is 2. The van der Waals surface area contributed by atoms with Gasteiger partial charge in [-0.1, -0.05) is 34.8 Å². The Balaban J connectivity index is 1.65. The van der Waals surface area contributed by atoms with Crippen LogP contribution in [-0.4, -0.2) is 64.5 Å². The van der Waals surface area contributed by atoms with E-state index in [4.69, 9.17) is 39.5 Å². The van der Waals surface area contributed by atoms with Crippen LogP contribution in [0.1, 0.15) is 34.2 Å². The molecule has 0 spiro atoms. The van der Waals surface area contributed by atoms with E-state index in [0.29, 0.717) is 65.1 Å². The summed E-state index contributed by atoms with van der Waals surface area (Å²) in [7, 11) is 0. The van der Waals surface area contributed by atoms with Gasteiger partial charge in [0.25, 0.3) is 5.91 Å². The number of nitrogens with zero attached hydrogens (tertiary/aromatic N) is 5. The van der Waals surface area contributed by atoms with Crippen molar-refractivity contribution in [3.63, 3.8) is 0 Å². The molecule has 4 rings (SSSR count). The maximum absolute atomic E-state index is 13.0. The summed E-state index contributed by atoms with van der Waals surface area (Å²) in [6.07, 6.45) is 2.20. The van der Waals surface area contributed by atoms with Crippen LogP contribution in [-0.2, 0) is 4.74 Å². The van der Waals surface area contributed by atoms with Gasteiger partial charge in [0.1, 0.15) is 5.15 Å². The van der Waals surface area contributed by atoms with Gasteiger partial charge in [-0.15, -0.1) is 0 Å². The highest BCUT2D eigenvalue weighted by Crippen LogP contribution is 2.29. The van der Waals surface area contributed by atoms with Crippen molar-refractivity contribution in [1.82, 2.24) is 19.9 Å². The molecule has 1 saturated heterocycles. The summed E-state index contributed by atoms with van der Waals surface area (Å²) in [5.74, 6) is -0.382. The van der Waals surface area contributed by atoms with Gasteiger partial charge >= 0.3 is 5.97 Å². The number of anilines is 1. The Morgan fingerprint density at radius 1 is 1.03 bits per heavy atom. The fourth-order valence-electron chi connectivity index (χ4n) is 3.65. The highest BCUT2D eigenvalue weighted by atomic mass is 35.5. The zero-order valence-electron chi connectivity index (χ0n) is 17.7. The number of aromatic nitrogens is 3. The molecule has 2 aromatic heterocycles. The number of hydrogen-bond donors (Lipinski definition) is 0. The highest BCUT2D eigenvalue weighted by Gasteiger charge is 2.27.